The first-order valence-electron chi connectivity index (χ1n) is 13.9. The SMILES string of the molecule is CCN1CCN(C(=O)c2cnc(-c3cc(Oc4ccc5c(c4)nc(Nc4cc(C(F)(F)F)ccc4F)n5C)ccn3)[nH]2)CC1. The number of likely N-dealkylation sites (N-methyl/N-ethyl adjacent to an activating group) is 1. The molecule has 0 radical (unpaired) electrons. The van der Waals surface area contributed by atoms with Crippen molar-refractivity contribution in [3.05, 3.63) is 78.0 Å². The van der Waals surface area contributed by atoms with Crippen LogP contribution in [-0.2, 0) is 13.2 Å². The first kappa shape index (κ1) is 29.1. The molecule has 1 aliphatic rings. The maximum Gasteiger partial charge on any atom is 0.416 e. The summed E-state index contributed by atoms with van der Waals surface area (Å²) >= 11 is 0. The fourth-order valence-electron chi connectivity index (χ4n) is 5.01. The van der Waals surface area contributed by atoms with Gasteiger partial charge in [-0.3, -0.25) is 9.78 Å². The number of rotatable bonds is 7. The lowest BCUT2D eigenvalue weighted by Crippen LogP contribution is -2.48. The normalized spacial score (nSPS) is 14.3. The molecule has 1 fully saturated rings. The molecule has 44 heavy (non-hydrogen) atoms. The van der Waals surface area contributed by atoms with Crippen molar-refractivity contribution >= 4 is 28.6 Å². The van der Waals surface area contributed by atoms with Gasteiger partial charge in [0, 0.05) is 51.6 Å². The summed E-state index contributed by atoms with van der Waals surface area (Å²) in [5.74, 6) is 0.507. The molecule has 1 aliphatic heterocycles. The zero-order chi connectivity index (χ0) is 31.0. The number of nitrogens with one attached hydrogen (secondary N) is 2. The summed E-state index contributed by atoms with van der Waals surface area (Å²) < 4.78 is 61.4. The van der Waals surface area contributed by atoms with E-state index in [0.717, 1.165) is 25.7 Å². The Labute approximate surface area is 249 Å². The molecule has 2 N–H and O–H groups in total. The fourth-order valence-corrected chi connectivity index (χ4v) is 5.01. The summed E-state index contributed by atoms with van der Waals surface area (Å²) in [6.45, 7) is 6.04. The second-order valence-corrected chi connectivity index (χ2v) is 10.3. The van der Waals surface area contributed by atoms with Gasteiger partial charge in [0.1, 0.15) is 28.7 Å². The van der Waals surface area contributed by atoms with E-state index in [-0.39, 0.29) is 17.5 Å². The van der Waals surface area contributed by atoms with Gasteiger partial charge in [-0.05, 0) is 42.9 Å². The van der Waals surface area contributed by atoms with E-state index in [4.69, 9.17) is 4.74 Å². The van der Waals surface area contributed by atoms with Crippen molar-refractivity contribution < 1.29 is 27.1 Å². The first-order chi connectivity index (χ1) is 21.1. The maximum absolute atomic E-state index is 14.3. The van der Waals surface area contributed by atoms with Crippen LogP contribution in [0.5, 0.6) is 11.5 Å². The number of hydrogen-bond acceptors (Lipinski definition) is 7. The highest BCUT2D eigenvalue weighted by Gasteiger charge is 2.31. The number of ether oxygens (including phenoxy) is 1. The van der Waals surface area contributed by atoms with Gasteiger partial charge in [0.25, 0.3) is 5.91 Å². The Morgan fingerprint density at radius 3 is 2.55 bits per heavy atom. The highest BCUT2D eigenvalue weighted by molar-refractivity contribution is 5.92. The van der Waals surface area contributed by atoms with E-state index >= 15 is 0 Å². The Morgan fingerprint density at radius 1 is 1.02 bits per heavy atom. The molecule has 4 heterocycles. The van der Waals surface area contributed by atoms with E-state index in [1.54, 1.807) is 53.0 Å². The molecule has 0 aliphatic carbocycles. The highest BCUT2D eigenvalue weighted by Crippen LogP contribution is 2.34. The zero-order valence-electron chi connectivity index (χ0n) is 23.8. The Bertz CT molecular complexity index is 1830. The lowest BCUT2D eigenvalue weighted by molar-refractivity contribution is -0.137. The standard InChI is InChI=1S/C30H28F4N8O2/c1-3-41-10-12-42(13-11-41)28(43)25-17-36-27(37-25)24-16-20(8-9-35-24)44-19-5-7-26-23(15-19)39-29(40(26)2)38-22-14-18(30(32,33)34)4-6-21(22)31/h4-9,14-17H,3,10-13H2,1-2H3,(H,36,37)(H,38,39). The molecule has 1 saturated heterocycles. The molecular weight excluding hydrogens is 580 g/mol. The van der Waals surface area contributed by atoms with Crippen molar-refractivity contribution in [1.29, 1.82) is 0 Å². The van der Waals surface area contributed by atoms with Gasteiger partial charge in [0.15, 0.2) is 5.82 Å². The summed E-state index contributed by atoms with van der Waals surface area (Å²) in [6.07, 6.45) is -1.55. The van der Waals surface area contributed by atoms with Gasteiger partial charge >= 0.3 is 6.18 Å². The van der Waals surface area contributed by atoms with E-state index in [2.05, 4.69) is 37.1 Å². The molecular formula is C30H28F4N8O2. The summed E-state index contributed by atoms with van der Waals surface area (Å²) in [7, 11) is 1.66. The average Bonchev–Trinajstić information content (AvgIpc) is 3.62. The van der Waals surface area contributed by atoms with E-state index < -0.39 is 17.6 Å². The van der Waals surface area contributed by atoms with Crippen molar-refractivity contribution in [2.75, 3.05) is 38.0 Å². The van der Waals surface area contributed by atoms with Gasteiger partial charge in [0.05, 0.1) is 28.5 Å². The number of carbonyl (C=O) groups is 1. The molecule has 0 saturated carbocycles. The molecule has 0 atom stereocenters. The number of H-pyrrole nitrogens is 1. The number of alkyl halides is 3. The second-order valence-electron chi connectivity index (χ2n) is 10.3. The summed E-state index contributed by atoms with van der Waals surface area (Å²) in [5.41, 5.74) is 0.657. The predicted octanol–water partition coefficient (Wildman–Crippen LogP) is 5.83. The van der Waals surface area contributed by atoms with Crippen molar-refractivity contribution in [2.24, 2.45) is 7.05 Å². The van der Waals surface area contributed by atoms with Crippen LogP contribution >= 0.6 is 0 Å². The lowest BCUT2D eigenvalue weighted by Gasteiger charge is -2.33. The lowest BCUT2D eigenvalue weighted by atomic mass is 10.2. The monoisotopic (exact) mass is 608 g/mol. The Balaban J connectivity index is 1.18. The molecule has 10 nitrogen and oxygen atoms in total. The minimum Gasteiger partial charge on any atom is -0.457 e. The van der Waals surface area contributed by atoms with Crippen molar-refractivity contribution in [2.45, 2.75) is 13.1 Å². The first-order valence-corrected chi connectivity index (χ1v) is 13.9. The minimum atomic E-state index is -4.61. The molecule has 5 aromatic rings. The molecule has 0 spiro atoms. The summed E-state index contributed by atoms with van der Waals surface area (Å²) in [5, 5.41) is 2.66. The number of aromatic amines is 1. The number of hydrogen-bond donors (Lipinski definition) is 2. The topological polar surface area (TPSA) is 104 Å². The second kappa shape index (κ2) is 11.6. The summed E-state index contributed by atoms with van der Waals surface area (Å²) in [6, 6.07) is 10.6. The number of aryl methyl sites for hydroxylation is 1. The maximum atomic E-state index is 14.3. The summed E-state index contributed by atoms with van der Waals surface area (Å²) in [4.78, 5) is 33.3. The van der Waals surface area contributed by atoms with Gasteiger partial charge in [0.2, 0.25) is 5.95 Å². The van der Waals surface area contributed by atoms with Crippen molar-refractivity contribution in [3.8, 4) is 23.0 Å². The van der Waals surface area contributed by atoms with Crippen molar-refractivity contribution in [1.82, 2.24) is 34.3 Å². The molecule has 1 amide bonds. The third-order valence-corrected chi connectivity index (χ3v) is 7.52. The number of anilines is 2. The molecule has 14 heteroatoms. The zero-order valence-corrected chi connectivity index (χ0v) is 23.8. The van der Waals surface area contributed by atoms with E-state index in [1.807, 2.05) is 0 Å². The van der Waals surface area contributed by atoms with Gasteiger partial charge in [-0.2, -0.15) is 13.2 Å². The smallest absolute Gasteiger partial charge is 0.416 e. The van der Waals surface area contributed by atoms with Crippen LogP contribution < -0.4 is 10.1 Å². The number of aromatic nitrogens is 5. The Hall–Kier alpha value is -4.98. The van der Waals surface area contributed by atoms with Gasteiger partial charge in [-0.25, -0.2) is 14.4 Å². The number of piperazine rings is 1. The third-order valence-electron chi connectivity index (χ3n) is 7.52. The molecule has 2 aromatic carbocycles. The van der Waals surface area contributed by atoms with Crippen molar-refractivity contribution in [3.63, 3.8) is 0 Å². The van der Waals surface area contributed by atoms with Crippen LogP contribution in [0, 0.1) is 5.82 Å². The van der Waals surface area contributed by atoms with Gasteiger partial charge in [-0.15, -0.1) is 0 Å². The number of halogens is 4. The number of nitrogens with zero attached hydrogens (tertiary/aromatic N) is 6. The predicted molar refractivity (Wildman–Crippen MR) is 155 cm³/mol. The van der Waals surface area contributed by atoms with Crippen LogP contribution in [0.15, 0.2) is 60.9 Å². The highest BCUT2D eigenvalue weighted by atomic mass is 19.4. The van der Waals surface area contributed by atoms with E-state index in [0.29, 0.717) is 65.0 Å². The van der Waals surface area contributed by atoms with Crippen LogP contribution in [0.3, 0.4) is 0 Å². The number of imidazole rings is 2. The Kier molecular flexibility index (Phi) is 7.67. The molecule has 3 aromatic heterocycles. The number of carbonyl (C=O) groups excluding carboxylic acids is 1. The minimum absolute atomic E-state index is 0.111. The Morgan fingerprint density at radius 2 is 1.80 bits per heavy atom. The number of pyridine rings is 1. The van der Waals surface area contributed by atoms with Crippen LogP contribution in [0.25, 0.3) is 22.6 Å². The number of fused-ring (bicyclic) bond motifs is 1. The molecule has 0 bridgehead atoms. The van der Waals surface area contributed by atoms with Crippen LogP contribution in [0.4, 0.5) is 29.2 Å². The quantitative estimate of drug-likeness (QED) is 0.224. The molecule has 0 unspecified atom stereocenters. The van der Waals surface area contributed by atoms with Gasteiger partial charge in [-0.1, -0.05) is 6.92 Å². The fraction of sp³-hybridized carbons (Fsp3) is 0.267. The van der Waals surface area contributed by atoms with E-state index in [9.17, 15) is 22.4 Å². The number of amides is 1. The van der Waals surface area contributed by atoms with E-state index in [1.165, 1.54) is 6.20 Å². The van der Waals surface area contributed by atoms with Crippen LogP contribution in [0.2, 0.25) is 0 Å². The molecule has 228 valence electrons. The largest absolute Gasteiger partial charge is 0.457 e. The number of benzene rings is 2. The third kappa shape index (κ3) is 5.93. The molecule has 6 rings (SSSR count). The average molecular weight is 609 g/mol. The van der Waals surface area contributed by atoms with Crippen LogP contribution in [0.1, 0.15) is 23.0 Å². The van der Waals surface area contributed by atoms with Gasteiger partial charge < -0.3 is 29.4 Å². The van der Waals surface area contributed by atoms with Crippen LogP contribution in [-0.4, -0.2) is 72.9 Å².